The Kier molecular flexibility index (Phi) is 6.51. The third-order valence-corrected chi connectivity index (χ3v) is 6.66. The molecule has 0 radical (unpaired) electrons. The van der Waals surface area contributed by atoms with Crippen LogP contribution in [0, 0.1) is 0 Å². The van der Waals surface area contributed by atoms with Gasteiger partial charge in [-0.15, -0.1) is 0 Å². The maximum absolute atomic E-state index is 12.6. The minimum absolute atomic E-state index is 0.135. The maximum Gasteiger partial charge on any atom is 0.262 e. The number of halogens is 1. The molecular weight excluding hydrogens is 432 g/mol. The molecular formula is C19H21BrN2O4S. The number of nitrogens with one attached hydrogen (secondary N) is 1. The molecule has 0 aromatic heterocycles. The van der Waals surface area contributed by atoms with Gasteiger partial charge in [0.25, 0.3) is 5.91 Å². The normalized spacial score (nSPS) is 15.3. The van der Waals surface area contributed by atoms with Crippen molar-refractivity contribution in [3.8, 4) is 5.75 Å². The van der Waals surface area contributed by atoms with Crippen molar-refractivity contribution >= 4 is 37.5 Å². The predicted octanol–water partition coefficient (Wildman–Crippen LogP) is 3.64. The van der Waals surface area contributed by atoms with Gasteiger partial charge in [-0.05, 0) is 55.3 Å². The van der Waals surface area contributed by atoms with Crippen molar-refractivity contribution in [2.45, 2.75) is 24.2 Å². The first kappa shape index (κ1) is 19.9. The molecule has 0 atom stereocenters. The van der Waals surface area contributed by atoms with Gasteiger partial charge >= 0.3 is 0 Å². The number of amides is 1. The Labute approximate surface area is 167 Å². The van der Waals surface area contributed by atoms with Gasteiger partial charge in [0.15, 0.2) is 6.61 Å². The zero-order valence-electron chi connectivity index (χ0n) is 14.7. The van der Waals surface area contributed by atoms with Gasteiger partial charge in [-0.3, -0.25) is 4.79 Å². The van der Waals surface area contributed by atoms with E-state index in [2.05, 4.69) is 21.2 Å². The number of ether oxygens (including phenoxy) is 1. The summed E-state index contributed by atoms with van der Waals surface area (Å²) in [6, 6.07) is 13.4. The van der Waals surface area contributed by atoms with Crippen LogP contribution in [0.3, 0.4) is 0 Å². The average molecular weight is 453 g/mol. The van der Waals surface area contributed by atoms with Gasteiger partial charge in [0.05, 0.1) is 4.90 Å². The number of hydrogen-bond donors (Lipinski definition) is 1. The highest BCUT2D eigenvalue weighted by Crippen LogP contribution is 2.22. The Morgan fingerprint density at radius 1 is 1.07 bits per heavy atom. The number of hydrogen-bond acceptors (Lipinski definition) is 4. The summed E-state index contributed by atoms with van der Waals surface area (Å²) >= 11 is 3.34. The van der Waals surface area contributed by atoms with Gasteiger partial charge < -0.3 is 10.1 Å². The van der Waals surface area contributed by atoms with Gasteiger partial charge in [0, 0.05) is 23.2 Å². The Bertz CT molecular complexity index is 894. The number of carbonyl (C=O) groups is 1. The van der Waals surface area contributed by atoms with E-state index in [-0.39, 0.29) is 17.4 Å². The van der Waals surface area contributed by atoms with Crippen LogP contribution < -0.4 is 10.1 Å². The van der Waals surface area contributed by atoms with E-state index in [4.69, 9.17) is 4.74 Å². The Balaban J connectivity index is 1.57. The summed E-state index contributed by atoms with van der Waals surface area (Å²) < 4.78 is 33.1. The van der Waals surface area contributed by atoms with Crippen LogP contribution in [0.2, 0.25) is 0 Å². The van der Waals surface area contributed by atoms with Gasteiger partial charge in [-0.25, -0.2) is 8.42 Å². The van der Waals surface area contributed by atoms with Crippen LogP contribution in [0.4, 0.5) is 5.69 Å². The van der Waals surface area contributed by atoms with Gasteiger partial charge in [-0.1, -0.05) is 28.4 Å². The second-order valence-electron chi connectivity index (χ2n) is 6.28. The summed E-state index contributed by atoms with van der Waals surface area (Å²) in [7, 11) is -3.47. The minimum Gasteiger partial charge on any atom is -0.484 e. The number of benzene rings is 2. The van der Waals surface area contributed by atoms with E-state index in [1.54, 1.807) is 24.3 Å². The molecule has 144 valence electrons. The summed E-state index contributed by atoms with van der Waals surface area (Å²) in [6.07, 6.45) is 2.86. The lowest BCUT2D eigenvalue weighted by atomic mass is 10.2. The predicted molar refractivity (Wildman–Crippen MR) is 107 cm³/mol. The zero-order chi connectivity index (χ0) is 19.3. The molecule has 1 heterocycles. The van der Waals surface area contributed by atoms with Gasteiger partial charge in [-0.2, -0.15) is 4.31 Å². The second-order valence-corrected chi connectivity index (χ2v) is 9.14. The lowest BCUT2D eigenvalue weighted by Crippen LogP contribution is -2.35. The van der Waals surface area contributed by atoms with Gasteiger partial charge in [0.2, 0.25) is 10.0 Å². The molecule has 3 rings (SSSR count). The van der Waals surface area contributed by atoms with Crippen molar-refractivity contribution in [2.24, 2.45) is 0 Å². The first-order valence-corrected chi connectivity index (χ1v) is 11.0. The topological polar surface area (TPSA) is 75.7 Å². The Morgan fingerprint density at radius 2 is 1.78 bits per heavy atom. The van der Waals surface area contributed by atoms with E-state index in [0.29, 0.717) is 24.5 Å². The fourth-order valence-corrected chi connectivity index (χ4v) is 4.76. The zero-order valence-corrected chi connectivity index (χ0v) is 17.1. The first-order valence-electron chi connectivity index (χ1n) is 8.73. The number of piperidine rings is 1. The fraction of sp³-hybridized carbons (Fsp3) is 0.316. The van der Waals surface area contributed by atoms with E-state index in [1.165, 1.54) is 16.4 Å². The average Bonchev–Trinajstić information content (AvgIpc) is 2.68. The molecule has 0 bridgehead atoms. The largest absolute Gasteiger partial charge is 0.484 e. The summed E-state index contributed by atoms with van der Waals surface area (Å²) in [5.41, 5.74) is 0.524. The van der Waals surface area contributed by atoms with Crippen LogP contribution in [0.1, 0.15) is 19.3 Å². The molecule has 1 fully saturated rings. The monoisotopic (exact) mass is 452 g/mol. The van der Waals surface area contributed by atoms with E-state index in [0.717, 1.165) is 23.7 Å². The van der Waals surface area contributed by atoms with E-state index < -0.39 is 10.0 Å². The number of sulfonamides is 1. The van der Waals surface area contributed by atoms with Crippen molar-refractivity contribution < 1.29 is 17.9 Å². The summed E-state index contributed by atoms with van der Waals surface area (Å²) in [5.74, 6) is 0.268. The molecule has 0 saturated carbocycles. The van der Waals surface area contributed by atoms with E-state index >= 15 is 0 Å². The lowest BCUT2D eigenvalue weighted by Gasteiger charge is -2.25. The van der Waals surface area contributed by atoms with Crippen molar-refractivity contribution in [1.82, 2.24) is 4.31 Å². The molecule has 6 nitrogen and oxygen atoms in total. The number of nitrogens with zero attached hydrogens (tertiary/aromatic N) is 1. The van der Waals surface area contributed by atoms with Crippen LogP contribution in [-0.2, 0) is 14.8 Å². The molecule has 0 unspecified atom stereocenters. The van der Waals surface area contributed by atoms with E-state index in [1.807, 2.05) is 12.1 Å². The molecule has 1 amide bonds. The lowest BCUT2D eigenvalue weighted by molar-refractivity contribution is -0.118. The summed E-state index contributed by atoms with van der Waals surface area (Å²) in [4.78, 5) is 12.3. The smallest absolute Gasteiger partial charge is 0.262 e. The number of carbonyl (C=O) groups excluding carboxylic acids is 1. The second kappa shape index (κ2) is 8.86. The summed E-state index contributed by atoms with van der Waals surface area (Å²) in [5, 5.41) is 2.70. The van der Waals surface area contributed by atoms with Crippen molar-refractivity contribution in [2.75, 3.05) is 25.0 Å². The summed E-state index contributed by atoms with van der Waals surface area (Å²) in [6.45, 7) is 0.992. The SMILES string of the molecule is O=C(COc1cccc(Br)c1)Nc1ccc(S(=O)(=O)N2CCCCC2)cc1. The van der Waals surface area contributed by atoms with Crippen molar-refractivity contribution in [1.29, 1.82) is 0 Å². The first-order chi connectivity index (χ1) is 12.9. The third-order valence-electron chi connectivity index (χ3n) is 4.26. The minimum atomic E-state index is -3.47. The highest BCUT2D eigenvalue weighted by molar-refractivity contribution is 9.10. The Morgan fingerprint density at radius 3 is 2.44 bits per heavy atom. The maximum atomic E-state index is 12.6. The molecule has 1 aliphatic heterocycles. The number of anilines is 1. The number of rotatable bonds is 6. The highest BCUT2D eigenvalue weighted by atomic mass is 79.9. The standard InChI is InChI=1S/C19H21BrN2O4S/c20-15-5-4-6-17(13-15)26-14-19(23)21-16-7-9-18(10-8-16)27(24,25)22-11-2-1-3-12-22/h4-10,13H,1-3,11-12,14H2,(H,21,23). The highest BCUT2D eigenvalue weighted by Gasteiger charge is 2.25. The quantitative estimate of drug-likeness (QED) is 0.725. The molecule has 0 aliphatic carbocycles. The molecule has 1 N–H and O–H groups in total. The molecule has 27 heavy (non-hydrogen) atoms. The van der Waals surface area contributed by atoms with Gasteiger partial charge in [0.1, 0.15) is 5.75 Å². The molecule has 1 saturated heterocycles. The fourth-order valence-electron chi connectivity index (χ4n) is 2.87. The van der Waals surface area contributed by atoms with Crippen LogP contribution in [-0.4, -0.2) is 38.3 Å². The van der Waals surface area contributed by atoms with Crippen LogP contribution in [0.5, 0.6) is 5.75 Å². The van der Waals surface area contributed by atoms with Crippen LogP contribution in [0.25, 0.3) is 0 Å². The molecule has 2 aromatic carbocycles. The molecule has 8 heteroatoms. The molecule has 1 aliphatic rings. The van der Waals surface area contributed by atoms with Crippen molar-refractivity contribution in [3.05, 3.63) is 53.0 Å². The van der Waals surface area contributed by atoms with E-state index in [9.17, 15) is 13.2 Å². The molecule has 2 aromatic rings. The van der Waals surface area contributed by atoms with Crippen LogP contribution >= 0.6 is 15.9 Å². The van der Waals surface area contributed by atoms with Crippen molar-refractivity contribution in [3.63, 3.8) is 0 Å². The Hall–Kier alpha value is -1.90. The molecule has 0 spiro atoms. The van der Waals surface area contributed by atoms with Crippen LogP contribution in [0.15, 0.2) is 57.9 Å². The third kappa shape index (κ3) is 5.31.